The maximum absolute atomic E-state index is 12.8. The average Bonchev–Trinajstić information content (AvgIpc) is 3.36. The van der Waals surface area contributed by atoms with Gasteiger partial charge in [-0.2, -0.15) is 0 Å². The fourth-order valence-electron chi connectivity index (χ4n) is 2.74. The second-order valence-corrected chi connectivity index (χ2v) is 6.08. The second-order valence-electron chi connectivity index (χ2n) is 6.08. The summed E-state index contributed by atoms with van der Waals surface area (Å²) in [6.45, 7) is 4.18. The summed E-state index contributed by atoms with van der Waals surface area (Å²) in [5.41, 5.74) is 2.97. The van der Waals surface area contributed by atoms with E-state index in [-0.39, 0.29) is 12.1 Å². The van der Waals surface area contributed by atoms with E-state index in [0.717, 1.165) is 11.4 Å². The molecule has 0 radical (unpaired) electrons. The van der Waals surface area contributed by atoms with E-state index < -0.39 is 0 Å². The molecule has 1 saturated carbocycles. The zero-order valence-electron chi connectivity index (χ0n) is 13.1. The molecule has 2 aromatic carbocycles. The van der Waals surface area contributed by atoms with Crippen molar-refractivity contribution in [3.05, 3.63) is 60.2 Å². The van der Waals surface area contributed by atoms with Gasteiger partial charge in [0.05, 0.1) is 0 Å². The molecular weight excluding hydrogens is 272 g/mol. The van der Waals surface area contributed by atoms with E-state index in [2.05, 4.69) is 12.2 Å². The zero-order chi connectivity index (χ0) is 15.5. The number of benzene rings is 2. The highest BCUT2D eigenvalue weighted by atomic mass is 16.2. The molecule has 0 aliphatic heterocycles. The van der Waals surface area contributed by atoms with Crippen LogP contribution in [0, 0.1) is 12.8 Å². The third-order valence-electron chi connectivity index (χ3n) is 4.27. The molecule has 3 nitrogen and oxygen atoms in total. The highest BCUT2D eigenvalue weighted by Crippen LogP contribution is 2.37. The van der Waals surface area contributed by atoms with Gasteiger partial charge in [0.1, 0.15) is 0 Å². The molecule has 1 aliphatic carbocycles. The average molecular weight is 294 g/mol. The lowest BCUT2D eigenvalue weighted by molar-refractivity contribution is 0.254. The lowest BCUT2D eigenvalue weighted by atomic mass is 10.1. The Morgan fingerprint density at radius 1 is 1.09 bits per heavy atom. The van der Waals surface area contributed by atoms with Crippen LogP contribution >= 0.6 is 0 Å². The van der Waals surface area contributed by atoms with Crippen molar-refractivity contribution in [1.82, 2.24) is 0 Å². The van der Waals surface area contributed by atoms with Crippen LogP contribution in [-0.2, 0) is 0 Å². The van der Waals surface area contributed by atoms with E-state index >= 15 is 0 Å². The first-order chi connectivity index (χ1) is 10.6. The molecule has 2 amide bonds. The maximum atomic E-state index is 12.8. The van der Waals surface area contributed by atoms with Crippen LogP contribution in [0.5, 0.6) is 0 Å². The van der Waals surface area contributed by atoms with Gasteiger partial charge in [-0.3, -0.25) is 4.90 Å². The van der Waals surface area contributed by atoms with Crippen molar-refractivity contribution in [2.24, 2.45) is 5.92 Å². The number of nitrogens with zero attached hydrogens (tertiary/aromatic N) is 1. The summed E-state index contributed by atoms with van der Waals surface area (Å²) < 4.78 is 0. The summed E-state index contributed by atoms with van der Waals surface area (Å²) in [6, 6.07) is 18.0. The van der Waals surface area contributed by atoms with Crippen molar-refractivity contribution < 1.29 is 4.79 Å². The number of para-hydroxylation sites is 1. The molecular formula is C19H22N2O. The zero-order valence-corrected chi connectivity index (χ0v) is 13.1. The Morgan fingerprint density at radius 3 is 2.32 bits per heavy atom. The molecule has 0 bridgehead atoms. The Labute approximate surface area is 132 Å². The smallest absolute Gasteiger partial charge is 0.308 e. The topological polar surface area (TPSA) is 32.3 Å². The summed E-state index contributed by atoms with van der Waals surface area (Å²) in [5, 5.41) is 3.02. The maximum Gasteiger partial charge on any atom is 0.326 e. The van der Waals surface area contributed by atoms with Gasteiger partial charge in [-0.1, -0.05) is 35.9 Å². The SMILES string of the molecule is Cc1ccc(NC(=O)N(c2ccccc2)C(C)C2CC2)cc1. The van der Waals surface area contributed by atoms with Crippen molar-refractivity contribution >= 4 is 17.4 Å². The summed E-state index contributed by atoms with van der Waals surface area (Å²) in [6.07, 6.45) is 2.42. The van der Waals surface area contributed by atoms with Gasteiger partial charge in [0.15, 0.2) is 0 Å². The lowest BCUT2D eigenvalue weighted by Gasteiger charge is -2.29. The van der Waals surface area contributed by atoms with Gasteiger partial charge < -0.3 is 5.32 Å². The third kappa shape index (κ3) is 3.30. The predicted octanol–water partition coefficient (Wildman–Crippen LogP) is 4.83. The summed E-state index contributed by atoms with van der Waals surface area (Å²) in [4.78, 5) is 14.7. The van der Waals surface area contributed by atoms with Crippen LogP contribution in [0.4, 0.5) is 16.2 Å². The van der Waals surface area contributed by atoms with E-state index in [1.54, 1.807) is 0 Å². The van der Waals surface area contributed by atoms with Crippen molar-refractivity contribution in [2.75, 3.05) is 10.2 Å². The molecule has 114 valence electrons. The minimum atomic E-state index is -0.0607. The monoisotopic (exact) mass is 294 g/mol. The number of carbonyl (C=O) groups excluding carboxylic acids is 1. The number of amides is 2. The minimum Gasteiger partial charge on any atom is -0.308 e. The second kappa shape index (κ2) is 6.22. The van der Waals surface area contributed by atoms with Crippen LogP contribution in [0.3, 0.4) is 0 Å². The van der Waals surface area contributed by atoms with Crippen LogP contribution in [0.2, 0.25) is 0 Å². The quantitative estimate of drug-likeness (QED) is 0.860. The molecule has 1 N–H and O–H groups in total. The normalized spacial score (nSPS) is 15.2. The Bertz CT molecular complexity index is 632. The van der Waals surface area contributed by atoms with Crippen molar-refractivity contribution in [1.29, 1.82) is 0 Å². The van der Waals surface area contributed by atoms with Crippen molar-refractivity contribution in [3.63, 3.8) is 0 Å². The predicted molar refractivity (Wildman–Crippen MR) is 91.3 cm³/mol. The Kier molecular flexibility index (Phi) is 4.14. The van der Waals surface area contributed by atoms with Gasteiger partial charge >= 0.3 is 6.03 Å². The first-order valence-corrected chi connectivity index (χ1v) is 7.87. The molecule has 1 unspecified atom stereocenters. The number of urea groups is 1. The molecule has 1 atom stereocenters. The van der Waals surface area contributed by atoms with Crippen LogP contribution in [-0.4, -0.2) is 12.1 Å². The molecule has 3 rings (SSSR count). The van der Waals surface area contributed by atoms with Crippen LogP contribution in [0.15, 0.2) is 54.6 Å². The highest BCUT2D eigenvalue weighted by Gasteiger charge is 2.35. The summed E-state index contributed by atoms with van der Waals surface area (Å²) >= 11 is 0. The van der Waals surface area contributed by atoms with Crippen LogP contribution < -0.4 is 10.2 Å². The van der Waals surface area contributed by atoms with Gasteiger partial charge in [-0.25, -0.2) is 4.79 Å². The largest absolute Gasteiger partial charge is 0.326 e. The number of rotatable bonds is 4. The van der Waals surface area contributed by atoms with E-state index in [1.807, 2.05) is 66.4 Å². The molecule has 1 aliphatic rings. The van der Waals surface area contributed by atoms with Crippen molar-refractivity contribution in [3.8, 4) is 0 Å². The standard InChI is InChI=1S/C19H22N2O/c1-14-8-12-17(13-9-14)20-19(22)21(15(2)16-10-11-16)18-6-4-3-5-7-18/h3-9,12-13,15-16H,10-11H2,1-2H3,(H,20,22). The number of hydrogen-bond acceptors (Lipinski definition) is 1. The van der Waals surface area contributed by atoms with E-state index in [4.69, 9.17) is 0 Å². The first-order valence-electron chi connectivity index (χ1n) is 7.87. The van der Waals surface area contributed by atoms with Gasteiger partial charge in [-0.15, -0.1) is 0 Å². The molecule has 3 heteroatoms. The first kappa shape index (κ1) is 14.6. The van der Waals surface area contributed by atoms with E-state index in [0.29, 0.717) is 5.92 Å². The molecule has 0 heterocycles. The molecule has 0 aromatic heterocycles. The van der Waals surface area contributed by atoms with Gasteiger partial charge in [0.2, 0.25) is 0 Å². The van der Waals surface area contributed by atoms with E-state index in [1.165, 1.54) is 18.4 Å². The number of nitrogens with one attached hydrogen (secondary N) is 1. The van der Waals surface area contributed by atoms with Gasteiger partial charge in [-0.05, 0) is 56.9 Å². The number of aryl methyl sites for hydroxylation is 1. The Hall–Kier alpha value is -2.29. The lowest BCUT2D eigenvalue weighted by Crippen LogP contribution is -2.42. The fourth-order valence-corrected chi connectivity index (χ4v) is 2.74. The van der Waals surface area contributed by atoms with Gasteiger partial charge in [0, 0.05) is 17.4 Å². The minimum absolute atomic E-state index is 0.0607. The molecule has 1 fully saturated rings. The number of carbonyl (C=O) groups is 1. The molecule has 0 spiro atoms. The van der Waals surface area contributed by atoms with Crippen molar-refractivity contribution in [2.45, 2.75) is 32.7 Å². The molecule has 22 heavy (non-hydrogen) atoms. The number of hydrogen-bond donors (Lipinski definition) is 1. The van der Waals surface area contributed by atoms with Gasteiger partial charge in [0.25, 0.3) is 0 Å². The highest BCUT2D eigenvalue weighted by molar-refractivity contribution is 6.02. The van der Waals surface area contributed by atoms with Crippen LogP contribution in [0.25, 0.3) is 0 Å². The summed E-state index contributed by atoms with van der Waals surface area (Å²) in [5.74, 6) is 0.615. The Morgan fingerprint density at radius 2 is 1.73 bits per heavy atom. The van der Waals surface area contributed by atoms with E-state index in [9.17, 15) is 4.79 Å². The molecule has 0 saturated heterocycles. The summed E-state index contributed by atoms with van der Waals surface area (Å²) in [7, 11) is 0. The number of anilines is 2. The Balaban J connectivity index is 1.81. The van der Waals surface area contributed by atoms with Crippen LogP contribution in [0.1, 0.15) is 25.3 Å². The molecule has 2 aromatic rings. The fraction of sp³-hybridized carbons (Fsp3) is 0.316. The third-order valence-corrected chi connectivity index (χ3v) is 4.27.